The van der Waals surface area contributed by atoms with E-state index in [1.54, 1.807) is 73.8 Å². The third-order valence-electron chi connectivity index (χ3n) is 4.58. The molecular formula is C24H18Cl2O5. The maximum atomic E-state index is 13.2. The van der Waals surface area contributed by atoms with Gasteiger partial charge in [0.1, 0.15) is 30.3 Å². The van der Waals surface area contributed by atoms with E-state index in [-0.39, 0.29) is 24.4 Å². The van der Waals surface area contributed by atoms with Crippen molar-refractivity contribution in [3.05, 3.63) is 87.0 Å². The van der Waals surface area contributed by atoms with Crippen LogP contribution in [0.2, 0.25) is 10.0 Å². The number of methoxy groups -OCH3 is 1. The molecule has 0 unspecified atom stereocenters. The number of ether oxygens (including phenoxy) is 3. The predicted molar refractivity (Wildman–Crippen MR) is 122 cm³/mol. The molecule has 4 rings (SSSR count). The van der Waals surface area contributed by atoms with Crippen LogP contribution < -0.4 is 19.6 Å². The molecule has 0 N–H and O–H groups in total. The molecule has 0 aliphatic rings. The molecule has 1 aromatic heterocycles. The largest absolute Gasteiger partial charge is 0.497 e. The van der Waals surface area contributed by atoms with Gasteiger partial charge in [-0.25, -0.2) is 0 Å². The van der Waals surface area contributed by atoms with Crippen LogP contribution in [0.5, 0.6) is 17.2 Å². The zero-order valence-corrected chi connectivity index (χ0v) is 18.1. The summed E-state index contributed by atoms with van der Waals surface area (Å²) < 4.78 is 22.7. The highest BCUT2D eigenvalue weighted by Gasteiger charge is 2.18. The van der Waals surface area contributed by atoms with Crippen molar-refractivity contribution in [3.8, 4) is 28.6 Å². The van der Waals surface area contributed by atoms with Gasteiger partial charge in [-0.05, 0) is 66.7 Å². The minimum Gasteiger partial charge on any atom is -0.497 e. The Morgan fingerprint density at radius 1 is 0.806 bits per heavy atom. The van der Waals surface area contributed by atoms with E-state index >= 15 is 0 Å². The molecule has 5 nitrogen and oxygen atoms in total. The maximum absolute atomic E-state index is 13.2. The summed E-state index contributed by atoms with van der Waals surface area (Å²) in [4.78, 5) is 13.2. The first-order chi connectivity index (χ1) is 15.0. The molecule has 0 saturated heterocycles. The molecule has 0 aliphatic carbocycles. The monoisotopic (exact) mass is 456 g/mol. The molecule has 1 heterocycles. The highest BCUT2D eigenvalue weighted by molar-refractivity contribution is 6.31. The van der Waals surface area contributed by atoms with Crippen LogP contribution in [0.25, 0.3) is 22.3 Å². The Balaban J connectivity index is 1.61. The van der Waals surface area contributed by atoms with Gasteiger partial charge in [-0.3, -0.25) is 4.79 Å². The lowest BCUT2D eigenvalue weighted by Gasteiger charge is -2.13. The molecule has 0 radical (unpaired) electrons. The zero-order chi connectivity index (χ0) is 21.8. The second-order valence-corrected chi connectivity index (χ2v) is 7.48. The number of halogens is 2. The van der Waals surface area contributed by atoms with E-state index in [0.717, 1.165) is 5.75 Å². The summed E-state index contributed by atoms with van der Waals surface area (Å²) in [6, 6.07) is 19.1. The quantitative estimate of drug-likeness (QED) is 0.308. The zero-order valence-electron chi connectivity index (χ0n) is 16.6. The lowest BCUT2D eigenvalue weighted by atomic mass is 10.1. The molecule has 31 heavy (non-hydrogen) atoms. The van der Waals surface area contributed by atoms with Gasteiger partial charge in [0.2, 0.25) is 11.2 Å². The summed E-state index contributed by atoms with van der Waals surface area (Å²) in [7, 11) is 1.60. The van der Waals surface area contributed by atoms with E-state index < -0.39 is 0 Å². The van der Waals surface area contributed by atoms with Crippen LogP contribution in [-0.4, -0.2) is 20.3 Å². The molecule has 7 heteroatoms. The van der Waals surface area contributed by atoms with E-state index in [1.807, 2.05) is 0 Å². The number of hydrogen-bond acceptors (Lipinski definition) is 5. The molecule has 0 bridgehead atoms. The predicted octanol–water partition coefficient (Wildman–Crippen LogP) is 6.23. The van der Waals surface area contributed by atoms with Crippen molar-refractivity contribution in [3.63, 3.8) is 0 Å². The summed E-state index contributed by atoms with van der Waals surface area (Å²) in [5.74, 6) is 1.82. The van der Waals surface area contributed by atoms with Gasteiger partial charge in [0.05, 0.1) is 12.5 Å². The fraction of sp³-hybridized carbons (Fsp3) is 0.125. The van der Waals surface area contributed by atoms with Gasteiger partial charge in [0.25, 0.3) is 0 Å². The number of benzene rings is 3. The van der Waals surface area contributed by atoms with Crippen LogP contribution in [-0.2, 0) is 0 Å². The van der Waals surface area contributed by atoms with Gasteiger partial charge < -0.3 is 18.6 Å². The van der Waals surface area contributed by atoms with Crippen molar-refractivity contribution in [2.75, 3.05) is 20.3 Å². The Bertz CT molecular complexity index is 1250. The Labute approximate surface area is 188 Å². The van der Waals surface area contributed by atoms with Crippen LogP contribution in [0.3, 0.4) is 0 Å². The highest BCUT2D eigenvalue weighted by Crippen LogP contribution is 2.32. The lowest BCUT2D eigenvalue weighted by Crippen LogP contribution is -2.15. The topological polar surface area (TPSA) is 57.9 Å². The van der Waals surface area contributed by atoms with Gasteiger partial charge >= 0.3 is 0 Å². The molecule has 4 aromatic rings. The first kappa shape index (κ1) is 21.1. The molecule has 3 aromatic carbocycles. The lowest BCUT2D eigenvalue weighted by molar-refractivity contribution is 0.214. The Morgan fingerprint density at radius 3 is 2.16 bits per heavy atom. The van der Waals surface area contributed by atoms with Gasteiger partial charge in [-0.1, -0.05) is 23.2 Å². The van der Waals surface area contributed by atoms with Crippen molar-refractivity contribution < 1.29 is 18.6 Å². The van der Waals surface area contributed by atoms with E-state index in [4.69, 9.17) is 41.8 Å². The Kier molecular flexibility index (Phi) is 6.35. The average molecular weight is 457 g/mol. The van der Waals surface area contributed by atoms with Gasteiger partial charge in [-0.15, -0.1) is 0 Å². The third-order valence-corrected chi connectivity index (χ3v) is 5.06. The minimum absolute atomic E-state index is 0.0930. The van der Waals surface area contributed by atoms with Crippen molar-refractivity contribution in [1.82, 2.24) is 0 Å². The number of hydrogen-bond donors (Lipinski definition) is 0. The summed E-state index contributed by atoms with van der Waals surface area (Å²) >= 11 is 12.1. The van der Waals surface area contributed by atoms with Gasteiger partial charge in [-0.2, -0.15) is 0 Å². The van der Waals surface area contributed by atoms with Crippen molar-refractivity contribution in [2.45, 2.75) is 0 Å². The third kappa shape index (κ3) is 4.79. The maximum Gasteiger partial charge on any atom is 0.235 e. The van der Waals surface area contributed by atoms with Crippen LogP contribution >= 0.6 is 23.2 Å². The van der Waals surface area contributed by atoms with E-state index in [9.17, 15) is 4.79 Å². The van der Waals surface area contributed by atoms with Crippen molar-refractivity contribution in [2.24, 2.45) is 0 Å². The molecule has 0 saturated carbocycles. The SMILES string of the molecule is COc1ccc(OCCOc2c(-c3ccc(Cl)cc3)oc3ccc(Cl)cc3c2=O)cc1. The highest BCUT2D eigenvalue weighted by atomic mass is 35.5. The second-order valence-electron chi connectivity index (χ2n) is 6.61. The molecule has 0 atom stereocenters. The Morgan fingerprint density at radius 2 is 1.45 bits per heavy atom. The van der Waals surface area contributed by atoms with Crippen molar-refractivity contribution >= 4 is 34.2 Å². The van der Waals surface area contributed by atoms with E-state index in [1.165, 1.54) is 0 Å². The average Bonchev–Trinajstić information content (AvgIpc) is 2.79. The first-order valence-electron chi connectivity index (χ1n) is 9.47. The second kappa shape index (κ2) is 9.33. The van der Waals surface area contributed by atoms with Crippen LogP contribution in [0.15, 0.2) is 75.9 Å². The molecule has 0 amide bonds. The first-order valence-corrected chi connectivity index (χ1v) is 10.2. The molecule has 0 aliphatic heterocycles. The summed E-state index contributed by atoms with van der Waals surface area (Å²) in [6.45, 7) is 0.378. The van der Waals surface area contributed by atoms with Crippen LogP contribution in [0, 0.1) is 0 Å². The van der Waals surface area contributed by atoms with Crippen LogP contribution in [0.1, 0.15) is 0 Å². The molecule has 0 fully saturated rings. The number of fused-ring (bicyclic) bond motifs is 1. The number of rotatable bonds is 7. The summed E-state index contributed by atoms with van der Waals surface area (Å²) in [5, 5.41) is 1.36. The van der Waals surface area contributed by atoms with Crippen molar-refractivity contribution in [1.29, 1.82) is 0 Å². The summed E-state index contributed by atoms with van der Waals surface area (Å²) in [5.41, 5.74) is 0.781. The van der Waals surface area contributed by atoms with E-state index in [0.29, 0.717) is 38.1 Å². The Hall–Kier alpha value is -3.15. The molecular weight excluding hydrogens is 439 g/mol. The van der Waals surface area contributed by atoms with E-state index in [2.05, 4.69) is 0 Å². The van der Waals surface area contributed by atoms with Gasteiger partial charge in [0, 0.05) is 15.6 Å². The van der Waals surface area contributed by atoms with Crippen LogP contribution in [0.4, 0.5) is 0 Å². The fourth-order valence-corrected chi connectivity index (χ4v) is 3.35. The fourth-order valence-electron chi connectivity index (χ4n) is 3.05. The summed E-state index contributed by atoms with van der Waals surface area (Å²) in [6.07, 6.45) is 0. The van der Waals surface area contributed by atoms with Gasteiger partial charge in [0.15, 0.2) is 5.76 Å². The normalized spacial score (nSPS) is 10.8. The molecule has 158 valence electrons. The standard InChI is InChI=1S/C24H18Cl2O5/c1-28-18-7-9-19(10-8-18)29-12-13-30-24-22(27)20-14-17(26)6-11-21(20)31-23(24)15-2-4-16(25)5-3-15/h2-11,14H,12-13H2,1H3. The minimum atomic E-state index is -0.307. The smallest absolute Gasteiger partial charge is 0.235 e. The molecule has 0 spiro atoms.